The van der Waals surface area contributed by atoms with Crippen molar-refractivity contribution in [1.82, 2.24) is 0 Å². The van der Waals surface area contributed by atoms with Gasteiger partial charge in [0.05, 0.1) is 0 Å². The maximum Gasteiger partial charge on any atom is 0.262 e. The first-order valence-electron chi connectivity index (χ1n) is 20.4. The molecule has 0 N–H and O–H groups in total. The SMILES string of the molecule is C=CC1CC/C(=C\C)C1.CC(C)[CH2][AlH][CH2]C(C)C.CC(C)[CH2][Al]([CH2]CC1CCC(C[CH2][Al]([CH2]C(C)C)[CH2]C(C)C)C1)[CH2]C(C)C. The number of allylic oxidation sites excluding steroid dienone is 3. The van der Waals surface area contributed by atoms with Crippen LogP contribution in [-0.4, -0.2) is 43.5 Å². The van der Waals surface area contributed by atoms with Crippen LogP contribution in [-0.2, 0) is 0 Å². The molecule has 0 aromatic rings. The Kier molecular flexibility index (Phi) is 28.5. The normalized spacial score (nSPS) is 20.7. The topological polar surface area (TPSA) is 0 Å². The van der Waals surface area contributed by atoms with Crippen molar-refractivity contribution in [3.63, 3.8) is 0 Å². The zero-order valence-corrected chi connectivity index (χ0v) is 37.5. The van der Waals surface area contributed by atoms with Crippen LogP contribution >= 0.6 is 0 Å². The van der Waals surface area contributed by atoms with Crippen LogP contribution in [0, 0.1) is 53.3 Å². The van der Waals surface area contributed by atoms with Crippen LogP contribution < -0.4 is 0 Å². The largest absolute Gasteiger partial charge is 0.262 e. The first kappa shape index (κ1) is 46.1. The second-order valence-corrected chi connectivity index (χ2v) is 26.7. The molecule has 3 heteroatoms. The van der Waals surface area contributed by atoms with Gasteiger partial charge in [-0.2, -0.15) is 0 Å². The maximum atomic E-state index is 3.78. The molecule has 2 saturated carbocycles. The third kappa shape index (κ3) is 27.6. The van der Waals surface area contributed by atoms with Crippen LogP contribution in [0.4, 0.5) is 0 Å². The van der Waals surface area contributed by atoms with E-state index in [1.54, 1.807) is 69.4 Å². The van der Waals surface area contributed by atoms with Gasteiger partial charge in [0.15, 0.2) is 0 Å². The van der Waals surface area contributed by atoms with Gasteiger partial charge < -0.3 is 0 Å². The summed E-state index contributed by atoms with van der Waals surface area (Å²) in [5, 5.41) is 12.7. The predicted octanol–water partition coefficient (Wildman–Crippen LogP) is 14.3. The number of rotatable bonds is 19. The molecule has 262 valence electrons. The molecule has 0 saturated heterocycles. The van der Waals surface area contributed by atoms with Gasteiger partial charge in [0.25, 0.3) is 28.3 Å². The molecule has 2 fully saturated rings. The monoisotopic (exact) mass is 671 g/mol. The van der Waals surface area contributed by atoms with Crippen LogP contribution in [0.5, 0.6) is 0 Å². The average molecular weight is 671 g/mol. The molecule has 2 aliphatic carbocycles. The molecule has 2 rings (SSSR count). The summed E-state index contributed by atoms with van der Waals surface area (Å²) in [5.74, 6) is 8.60. The molecule has 0 heterocycles. The first-order valence-corrected chi connectivity index (χ1v) is 27.3. The lowest BCUT2D eigenvalue weighted by atomic mass is 10.0. The molecule has 0 amide bonds. The van der Waals surface area contributed by atoms with Crippen LogP contribution in [0.15, 0.2) is 24.3 Å². The molecule has 0 aliphatic heterocycles. The van der Waals surface area contributed by atoms with Crippen molar-refractivity contribution in [2.24, 2.45) is 53.3 Å². The average Bonchev–Trinajstić information content (AvgIpc) is 3.59. The fourth-order valence-electron chi connectivity index (χ4n) is 8.29. The van der Waals surface area contributed by atoms with E-state index in [-0.39, 0.29) is 0 Å². The van der Waals surface area contributed by atoms with Gasteiger partial charge in [0.1, 0.15) is 0 Å². The Morgan fingerprint density at radius 1 is 0.644 bits per heavy atom. The Balaban J connectivity index is 0.000000868. The smallest absolute Gasteiger partial charge is 0.103 e. The highest BCUT2D eigenvalue weighted by Crippen LogP contribution is 2.38. The molecule has 0 aromatic heterocycles. The van der Waals surface area contributed by atoms with E-state index in [1.165, 1.54) is 29.8 Å². The third-order valence-corrected chi connectivity index (χ3v) is 22.4. The highest BCUT2D eigenvalue weighted by molar-refractivity contribution is 6.59. The van der Waals surface area contributed by atoms with E-state index >= 15 is 0 Å². The van der Waals surface area contributed by atoms with Crippen molar-refractivity contribution in [3.05, 3.63) is 24.3 Å². The van der Waals surface area contributed by atoms with E-state index in [4.69, 9.17) is 0 Å². The van der Waals surface area contributed by atoms with Crippen LogP contribution in [0.25, 0.3) is 0 Å². The lowest BCUT2D eigenvalue weighted by Crippen LogP contribution is -2.19. The van der Waals surface area contributed by atoms with E-state index in [1.807, 2.05) is 0 Å². The van der Waals surface area contributed by atoms with Crippen molar-refractivity contribution >= 4 is 43.5 Å². The minimum atomic E-state index is -0.485. The van der Waals surface area contributed by atoms with Gasteiger partial charge in [-0.05, 0) is 50.4 Å². The standard InChI is InChI=1S/C9H16.C9H14.6C4H9.3Al.H/c2*1-3-8-5-6-9(4-2)7-8;6*1-4(2)3;;;;/h8-9H,1-7H2;3-4,8H,1,5-7H2,2H3;6*4H,1H2,2-3H3;;;;/b;9-4+;;;;;;;;;;. The minimum Gasteiger partial charge on any atom is -0.103 e. The summed E-state index contributed by atoms with van der Waals surface area (Å²) in [6, 6.07) is 0. The van der Waals surface area contributed by atoms with E-state index in [0.717, 1.165) is 53.3 Å². The first-order chi connectivity index (χ1) is 21.1. The van der Waals surface area contributed by atoms with Gasteiger partial charge >= 0.3 is 0 Å². The Morgan fingerprint density at radius 3 is 1.31 bits per heavy atom. The number of hydrogen-bond donors (Lipinski definition) is 0. The quantitative estimate of drug-likeness (QED) is 0.0948. The summed E-state index contributed by atoms with van der Waals surface area (Å²) in [4.78, 5) is 0. The Bertz CT molecular complexity index is 657. The van der Waals surface area contributed by atoms with Crippen LogP contribution in [0.3, 0.4) is 0 Å². The van der Waals surface area contributed by atoms with Crippen LogP contribution in [0.1, 0.15) is 141 Å². The second kappa shape index (κ2) is 27.8. The van der Waals surface area contributed by atoms with Gasteiger partial charge in [-0.1, -0.05) is 204 Å². The molecule has 2 aliphatic rings. The van der Waals surface area contributed by atoms with Crippen molar-refractivity contribution < 1.29 is 0 Å². The molecule has 0 nitrogen and oxygen atoms in total. The maximum absolute atomic E-state index is 3.78. The summed E-state index contributed by atoms with van der Waals surface area (Å²) in [6.07, 6.45) is 16.1. The lowest BCUT2D eigenvalue weighted by Gasteiger charge is -2.19. The summed E-state index contributed by atoms with van der Waals surface area (Å²) in [6.45, 7) is 34.8. The minimum absolute atomic E-state index is 0.316. The van der Waals surface area contributed by atoms with E-state index in [0.29, 0.717) is 15.2 Å². The predicted molar refractivity (Wildman–Crippen MR) is 218 cm³/mol. The molecule has 3 unspecified atom stereocenters. The Hall–Kier alpha value is 1.08. The van der Waals surface area contributed by atoms with Crippen molar-refractivity contribution in [3.8, 4) is 0 Å². The molecule has 45 heavy (non-hydrogen) atoms. The summed E-state index contributed by atoms with van der Waals surface area (Å²) >= 11 is -0.653. The van der Waals surface area contributed by atoms with Crippen LogP contribution in [0.2, 0.25) is 42.3 Å². The van der Waals surface area contributed by atoms with Gasteiger partial charge in [0, 0.05) is 0 Å². The lowest BCUT2D eigenvalue weighted by molar-refractivity contribution is 0.467. The van der Waals surface area contributed by atoms with Gasteiger partial charge in [-0.3, -0.25) is 0 Å². The molecule has 0 radical (unpaired) electrons. The summed E-state index contributed by atoms with van der Waals surface area (Å²) in [7, 11) is 0. The highest BCUT2D eigenvalue weighted by Gasteiger charge is 2.29. The van der Waals surface area contributed by atoms with Crippen molar-refractivity contribution in [1.29, 1.82) is 0 Å². The molecular weight excluding hydrogens is 585 g/mol. The Morgan fingerprint density at radius 2 is 1.04 bits per heavy atom. The fraction of sp³-hybridized carbons (Fsp3) is 0.905. The summed E-state index contributed by atoms with van der Waals surface area (Å²) in [5.41, 5.74) is 1.61. The van der Waals surface area contributed by atoms with Gasteiger partial charge in [-0.15, -0.1) is 6.58 Å². The van der Waals surface area contributed by atoms with Gasteiger partial charge in [0.2, 0.25) is 15.2 Å². The zero-order chi connectivity index (χ0) is 34.4. The number of hydrogen-bond acceptors (Lipinski definition) is 0. The van der Waals surface area contributed by atoms with Crippen molar-refractivity contribution in [2.45, 2.75) is 184 Å². The molecule has 3 atom stereocenters. The molecule has 0 bridgehead atoms. The molecule has 0 aromatic carbocycles. The van der Waals surface area contributed by atoms with E-state index < -0.39 is 28.3 Å². The summed E-state index contributed by atoms with van der Waals surface area (Å²) < 4.78 is 0. The molecule has 0 spiro atoms. The van der Waals surface area contributed by atoms with Gasteiger partial charge in [-0.25, -0.2) is 0 Å². The second-order valence-electron chi connectivity index (χ2n) is 18.4. The zero-order valence-electron chi connectivity index (χ0n) is 33.7. The van der Waals surface area contributed by atoms with E-state index in [9.17, 15) is 0 Å². The van der Waals surface area contributed by atoms with E-state index in [2.05, 4.69) is 109 Å². The Labute approximate surface area is 302 Å². The van der Waals surface area contributed by atoms with Crippen molar-refractivity contribution in [2.75, 3.05) is 0 Å². The molecular formula is C42H85Al3. The highest BCUT2D eigenvalue weighted by atomic mass is 27.2. The fourth-order valence-corrected chi connectivity index (χ4v) is 18.7. The third-order valence-electron chi connectivity index (χ3n) is 10.5.